The van der Waals surface area contributed by atoms with Crippen molar-refractivity contribution in [2.45, 2.75) is 12.5 Å². The number of likely N-dealkylation sites (tertiary alicyclic amines) is 1. The van der Waals surface area contributed by atoms with Crippen LogP contribution in [0.1, 0.15) is 16.9 Å². The van der Waals surface area contributed by atoms with E-state index in [0.29, 0.717) is 18.8 Å². The van der Waals surface area contributed by atoms with Crippen molar-refractivity contribution in [3.63, 3.8) is 0 Å². The van der Waals surface area contributed by atoms with Crippen LogP contribution in [0.4, 0.5) is 5.82 Å². The number of carbonyl (C=O) groups excluding carboxylic acids is 1. The van der Waals surface area contributed by atoms with Crippen molar-refractivity contribution >= 4 is 17.7 Å². The molecule has 1 atom stereocenters. The minimum Gasteiger partial charge on any atom is -0.476 e. The van der Waals surface area contributed by atoms with Crippen LogP contribution >= 0.6 is 0 Å². The summed E-state index contributed by atoms with van der Waals surface area (Å²) in [6, 6.07) is -0.349. The number of hydrogen-bond acceptors (Lipinski definition) is 5. The van der Waals surface area contributed by atoms with E-state index in [1.165, 1.54) is 6.20 Å². The van der Waals surface area contributed by atoms with Crippen molar-refractivity contribution in [1.82, 2.24) is 14.9 Å². The van der Waals surface area contributed by atoms with Gasteiger partial charge in [-0.3, -0.25) is 9.78 Å². The van der Waals surface area contributed by atoms with E-state index in [1.807, 2.05) is 0 Å². The molecule has 1 aromatic heterocycles. The first-order valence-electron chi connectivity index (χ1n) is 5.15. The summed E-state index contributed by atoms with van der Waals surface area (Å²) in [7, 11) is 1.73. The Labute approximate surface area is 97.5 Å². The second-order valence-corrected chi connectivity index (χ2v) is 3.84. The third-order valence-corrected chi connectivity index (χ3v) is 2.60. The van der Waals surface area contributed by atoms with Gasteiger partial charge in [0.15, 0.2) is 5.69 Å². The number of carboxylic acids is 1. The van der Waals surface area contributed by atoms with E-state index in [0.717, 1.165) is 6.20 Å². The van der Waals surface area contributed by atoms with Crippen LogP contribution in [0.5, 0.6) is 0 Å². The van der Waals surface area contributed by atoms with Gasteiger partial charge in [-0.1, -0.05) is 0 Å². The van der Waals surface area contributed by atoms with Crippen LogP contribution < -0.4 is 5.32 Å². The van der Waals surface area contributed by atoms with E-state index in [4.69, 9.17) is 5.11 Å². The van der Waals surface area contributed by atoms with Crippen molar-refractivity contribution < 1.29 is 14.7 Å². The fourth-order valence-corrected chi connectivity index (χ4v) is 1.67. The molecule has 1 fully saturated rings. The molecule has 1 aromatic rings. The number of likely N-dealkylation sites (N-methyl/N-ethyl adjacent to an activating group) is 1. The largest absolute Gasteiger partial charge is 0.476 e. The highest BCUT2D eigenvalue weighted by Gasteiger charge is 2.29. The summed E-state index contributed by atoms with van der Waals surface area (Å²) in [6.45, 7) is 0.683. The van der Waals surface area contributed by atoms with E-state index in [-0.39, 0.29) is 17.6 Å². The molecule has 0 spiro atoms. The maximum Gasteiger partial charge on any atom is 0.356 e. The molecule has 1 aliphatic heterocycles. The zero-order chi connectivity index (χ0) is 12.4. The Bertz CT molecular complexity index is 463. The molecule has 0 saturated carbocycles. The third-order valence-electron chi connectivity index (χ3n) is 2.60. The molecule has 1 amide bonds. The molecule has 2 heterocycles. The highest BCUT2D eigenvalue weighted by molar-refractivity contribution is 5.87. The zero-order valence-corrected chi connectivity index (χ0v) is 9.25. The number of aromatic carboxylic acids is 1. The van der Waals surface area contributed by atoms with E-state index < -0.39 is 5.97 Å². The molecular formula is C10H12N4O3. The van der Waals surface area contributed by atoms with Crippen LogP contribution in [0.2, 0.25) is 0 Å². The predicted octanol–water partition coefficient (Wildman–Crippen LogP) is -0.183. The summed E-state index contributed by atoms with van der Waals surface area (Å²) in [6.07, 6.45) is 3.24. The number of nitrogens with zero attached hydrogens (tertiary/aromatic N) is 3. The lowest BCUT2D eigenvalue weighted by atomic mass is 10.2. The van der Waals surface area contributed by atoms with Gasteiger partial charge in [0.1, 0.15) is 11.9 Å². The minimum atomic E-state index is -1.14. The summed E-state index contributed by atoms with van der Waals surface area (Å²) in [5.41, 5.74) is -0.145. The summed E-state index contributed by atoms with van der Waals surface area (Å²) in [5, 5.41) is 11.6. The number of anilines is 1. The van der Waals surface area contributed by atoms with Crippen molar-refractivity contribution in [1.29, 1.82) is 0 Å². The molecule has 90 valence electrons. The third kappa shape index (κ3) is 2.32. The Balaban J connectivity index is 2.11. The molecule has 1 saturated heterocycles. The number of aromatic nitrogens is 2. The van der Waals surface area contributed by atoms with Crippen LogP contribution in [0, 0.1) is 0 Å². The minimum absolute atomic E-state index is 0.0208. The fourth-order valence-electron chi connectivity index (χ4n) is 1.67. The van der Waals surface area contributed by atoms with Gasteiger partial charge in [0.2, 0.25) is 5.91 Å². The highest BCUT2D eigenvalue weighted by atomic mass is 16.4. The molecule has 1 unspecified atom stereocenters. The lowest BCUT2D eigenvalue weighted by molar-refractivity contribution is -0.127. The van der Waals surface area contributed by atoms with Crippen LogP contribution in [0.3, 0.4) is 0 Å². The van der Waals surface area contributed by atoms with Gasteiger partial charge in [0.05, 0.1) is 12.4 Å². The molecule has 7 nitrogen and oxygen atoms in total. The lowest BCUT2D eigenvalue weighted by Gasteiger charge is -2.12. The van der Waals surface area contributed by atoms with Gasteiger partial charge in [-0.25, -0.2) is 9.78 Å². The first-order chi connectivity index (χ1) is 8.08. The van der Waals surface area contributed by atoms with Crippen LogP contribution in [-0.4, -0.2) is 51.5 Å². The maximum absolute atomic E-state index is 11.6. The van der Waals surface area contributed by atoms with Gasteiger partial charge in [-0.05, 0) is 6.42 Å². The standard InChI is InChI=1S/C10H12N4O3/c1-14-3-2-6(9(14)15)12-8-5-11-4-7(13-8)10(16)17/h4-6H,2-3H2,1H3,(H,12,13)(H,16,17). The quantitative estimate of drug-likeness (QED) is 0.755. The number of carboxylic acid groups (broad SMARTS) is 1. The van der Waals surface area contributed by atoms with E-state index in [1.54, 1.807) is 11.9 Å². The van der Waals surface area contributed by atoms with Gasteiger partial charge in [0.25, 0.3) is 0 Å². The van der Waals surface area contributed by atoms with Crippen molar-refractivity contribution in [3.05, 3.63) is 18.1 Å². The number of hydrogen-bond donors (Lipinski definition) is 2. The number of carbonyl (C=O) groups is 2. The first-order valence-corrected chi connectivity index (χ1v) is 5.15. The van der Waals surface area contributed by atoms with E-state index in [9.17, 15) is 9.59 Å². The van der Waals surface area contributed by atoms with Crippen LogP contribution in [-0.2, 0) is 4.79 Å². The number of nitrogens with one attached hydrogen (secondary N) is 1. The number of amides is 1. The SMILES string of the molecule is CN1CCC(Nc2cncc(C(=O)O)n2)C1=O. The summed E-state index contributed by atoms with van der Waals surface area (Å²) < 4.78 is 0. The Hall–Kier alpha value is -2.18. The molecule has 2 rings (SSSR count). The average molecular weight is 236 g/mol. The highest BCUT2D eigenvalue weighted by Crippen LogP contribution is 2.13. The molecular weight excluding hydrogens is 224 g/mol. The second-order valence-electron chi connectivity index (χ2n) is 3.84. The molecule has 0 aliphatic carbocycles. The molecule has 0 aromatic carbocycles. The van der Waals surface area contributed by atoms with E-state index in [2.05, 4.69) is 15.3 Å². The van der Waals surface area contributed by atoms with Gasteiger partial charge in [-0.2, -0.15) is 0 Å². The van der Waals surface area contributed by atoms with Gasteiger partial charge < -0.3 is 15.3 Å². The van der Waals surface area contributed by atoms with Crippen molar-refractivity contribution in [3.8, 4) is 0 Å². The smallest absolute Gasteiger partial charge is 0.356 e. The Morgan fingerprint density at radius 3 is 2.94 bits per heavy atom. The van der Waals surface area contributed by atoms with Gasteiger partial charge in [-0.15, -0.1) is 0 Å². The normalized spacial score (nSPS) is 19.5. The van der Waals surface area contributed by atoms with Gasteiger partial charge >= 0.3 is 5.97 Å². The molecule has 1 aliphatic rings. The Morgan fingerprint density at radius 2 is 2.35 bits per heavy atom. The zero-order valence-electron chi connectivity index (χ0n) is 9.25. The van der Waals surface area contributed by atoms with Crippen LogP contribution in [0.25, 0.3) is 0 Å². The molecule has 17 heavy (non-hydrogen) atoms. The maximum atomic E-state index is 11.6. The lowest BCUT2D eigenvalue weighted by Crippen LogP contribution is -2.31. The molecule has 0 radical (unpaired) electrons. The van der Waals surface area contributed by atoms with Crippen molar-refractivity contribution in [2.75, 3.05) is 18.9 Å². The molecule has 0 bridgehead atoms. The van der Waals surface area contributed by atoms with Crippen molar-refractivity contribution in [2.24, 2.45) is 0 Å². The Morgan fingerprint density at radius 1 is 1.59 bits per heavy atom. The predicted molar refractivity (Wildman–Crippen MR) is 58.7 cm³/mol. The Kier molecular flexibility index (Phi) is 2.90. The average Bonchev–Trinajstić information content (AvgIpc) is 2.61. The second kappa shape index (κ2) is 4.36. The summed E-state index contributed by atoms with van der Waals surface area (Å²) >= 11 is 0. The fraction of sp³-hybridized carbons (Fsp3) is 0.400. The molecule has 2 N–H and O–H groups in total. The molecule has 7 heteroatoms. The summed E-state index contributed by atoms with van der Waals surface area (Å²) in [4.78, 5) is 31.6. The summed E-state index contributed by atoms with van der Waals surface area (Å²) in [5.74, 6) is -0.859. The van der Waals surface area contributed by atoms with E-state index >= 15 is 0 Å². The van der Waals surface area contributed by atoms with Gasteiger partial charge in [0, 0.05) is 13.6 Å². The number of rotatable bonds is 3. The monoisotopic (exact) mass is 236 g/mol. The van der Waals surface area contributed by atoms with Crippen LogP contribution in [0.15, 0.2) is 12.4 Å². The first kappa shape index (κ1) is 11.3. The topological polar surface area (TPSA) is 95.4 Å².